The SMILES string of the molecule is CCC(C)NC(=O)c1cccn(-c2ccc(NC(=O)c3ccc(C)cc3)cc2)c1=O. The second-order valence-electron chi connectivity index (χ2n) is 7.25. The Bertz CT molecular complexity index is 1100. The molecule has 0 fully saturated rings. The fourth-order valence-electron chi connectivity index (χ4n) is 2.89. The van der Waals surface area contributed by atoms with Gasteiger partial charge in [0.15, 0.2) is 0 Å². The molecule has 2 aromatic carbocycles. The van der Waals surface area contributed by atoms with Crippen LogP contribution in [0.15, 0.2) is 71.7 Å². The molecule has 0 saturated carbocycles. The lowest BCUT2D eigenvalue weighted by Gasteiger charge is -2.13. The Labute approximate surface area is 175 Å². The average Bonchev–Trinajstić information content (AvgIpc) is 2.74. The molecule has 3 aromatic rings. The maximum absolute atomic E-state index is 12.8. The summed E-state index contributed by atoms with van der Waals surface area (Å²) in [6.07, 6.45) is 2.39. The fourth-order valence-corrected chi connectivity index (χ4v) is 2.89. The van der Waals surface area contributed by atoms with Crippen molar-refractivity contribution in [3.05, 3.63) is 93.9 Å². The zero-order valence-corrected chi connectivity index (χ0v) is 17.3. The van der Waals surface area contributed by atoms with Crippen molar-refractivity contribution in [2.24, 2.45) is 0 Å². The van der Waals surface area contributed by atoms with Gasteiger partial charge in [-0.25, -0.2) is 0 Å². The minimum absolute atomic E-state index is 0.0121. The first-order chi connectivity index (χ1) is 14.4. The molecule has 0 saturated heterocycles. The van der Waals surface area contributed by atoms with E-state index in [1.807, 2.05) is 32.9 Å². The van der Waals surface area contributed by atoms with E-state index in [0.29, 0.717) is 16.9 Å². The molecule has 2 amide bonds. The van der Waals surface area contributed by atoms with Crippen LogP contribution in [0.1, 0.15) is 46.5 Å². The monoisotopic (exact) mass is 403 g/mol. The van der Waals surface area contributed by atoms with Crippen molar-refractivity contribution in [1.29, 1.82) is 0 Å². The molecule has 30 heavy (non-hydrogen) atoms. The molecule has 1 unspecified atom stereocenters. The van der Waals surface area contributed by atoms with Gasteiger partial charge in [0.1, 0.15) is 5.56 Å². The number of pyridine rings is 1. The average molecular weight is 403 g/mol. The Hall–Kier alpha value is -3.67. The summed E-state index contributed by atoms with van der Waals surface area (Å²) in [4.78, 5) is 37.5. The van der Waals surface area contributed by atoms with Crippen molar-refractivity contribution in [3.8, 4) is 5.69 Å². The van der Waals surface area contributed by atoms with E-state index in [1.165, 1.54) is 10.6 Å². The number of nitrogens with one attached hydrogen (secondary N) is 2. The first-order valence-corrected chi connectivity index (χ1v) is 9.90. The number of rotatable bonds is 6. The highest BCUT2D eigenvalue weighted by Crippen LogP contribution is 2.14. The molecule has 0 aliphatic rings. The van der Waals surface area contributed by atoms with Crippen LogP contribution in [0.25, 0.3) is 5.69 Å². The third-order valence-corrected chi connectivity index (χ3v) is 4.90. The Balaban J connectivity index is 1.78. The molecule has 0 bridgehead atoms. The molecule has 6 nitrogen and oxygen atoms in total. The normalized spacial score (nSPS) is 11.6. The van der Waals surface area contributed by atoms with Crippen LogP contribution in [0.3, 0.4) is 0 Å². The number of anilines is 1. The number of carbonyl (C=O) groups is 2. The number of amides is 2. The number of nitrogens with zero attached hydrogens (tertiary/aromatic N) is 1. The van der Waals surface area contributed by atoms with Gasteiger partial charge < -0.3 is 10.6 Å². The van der Waals surface area contributed by atoms with Crippen molar-refractivity contribution in [1.82, 2.24) is 9.88 Å². The van der Waals surface area contributed by atoms with Gasteiger partial charge in [0.05, 0.1) is 0 Å². The van der Waals surface area contributed by atoms with Crippen LogP contribution >= 0.6 is 0 Å². The number of benzene rings is 2. The van der Waals surface area contributed by atoms with Gasteiger partial charge in [-0.3, -0.25) is 19.0 Å². The van der Waals surface area contributed by atoms with Crippen molar-refractivity contribution >= 4 is 17.5 Å². The van der Waals surface area contributed by atoms with E-state index in [4.69, 9.17) is 0 Å². The van der Waals surface area contributed by atoms with E-state index in [-0.39, 0.29) is 23.4 Å². The van der Waals surface area contributed by atoms with Crippen LogP contribution < -0.4 is 16.2 Å². The first-order valence-electron chi connectivity index (χ1n) is 9.90. The van der Waals surface area contributed by atoms with E-state index in [9.17, 15) is 14.4 Å². The van der Waals surface area contributed by atoms with Crippen LogP contribution in [0.4, 0.5) is 5.69 Å². The van der Waals surface area contributed by atoms with E-state index in [1.54, 1.807) is 48.7 Å². The standard InChI is InChI=1S/C24H25N3O3/c1-4-17(3)25-23(29)21-6-5-15-27(24(21)30)20-13-11-19(12-14-20)26-22(28)18-9-7-16(2)8-10-18/h5-15,17H,4H2,1-3H3,(H,25,29)(H,26,28). The van der Waals surface area contributed by atoms with Gasteiger partial charge in [-0.15, -0.1) is 0 Å². The predicted molar refractivity (Wildman–Crippen MR) is 118 cm³/mol. The van der Waals surface area contributed by atoms with Crippen molar-refractivity contribution in [2.45, 2.75) is 33.2 Å². The maximum Gasteiger partial charge on any atom is 0.267 e. The Morgan fingerprint density at radius 3 is 2.27 bits per heavy atom. The van der Waals surface area contributed by atoms with Gasteiger partial charge in [0, 0.05) is 29.2 Å². The second-order valence-corrected chi connectivity index (χ2v) is 7.25. The fraction of sp³-hybridized carbons (Fsp3) is 0.208. The molecule has 2 N–H and O–H groups in total. The van der Waals surface area contributed by atoms with Gasteiger partial charge in [0.2, 0.25) is 0 Å². The van der Waals surface area contributed by atoms with E-state index in [0.717, 1.165) is 12.0 Å². The topological polar surface area (TPSA) is 80.2 Å². The van der Waals surface area contributed by atoms with Gasteiger partial charge >= 0.3 is 0 Å². The van der Waals surface area contributed by atoms with Gasteiger partial charge in [-0.1, -0.05) is 24.6 Å². The van der Waals surface area contributed by atoms with Crippen LogP contribution in [0, 0.1) is 6.92 Å². The molecule has 0 radical (unpaired) electrons. The number of carbonyl (C=O) groups excluding carboxylic acids is 2. The van der Waals surface area contributed by atoms with Crippen LogP contribution in [0.2, 0.25) is 0 Å². The van der Waals surface area contributed by atoms with Gasteiger partial charge in [-0.2, -0.15) is 0 Å². The Morgan fingerprint density at radius 1 is 0.967 bits per heavy atom. The largest absolute Gasteiger partial charge is 0.349 e. The van der Waals surface area contributed by atoms with Crippen LogP contribution in [0.5, 0.6) is 0 Å². The summed E-state index contributed by atoms with van der Waals surface area (Å²) in [5.41, 5.74) is 2.57. The quantitative estimate of drug-likeness (QED) is 0.654. The smallest absolute Gasteiger partial charge is 0.267 e. The van der Waals surface area contributed by atoms with Gasteiger partial charge in [0.25, 0.3) is 17.4 Å². The Kier molecular flexibility index (Phi) is 6.47. The molecule has 3 rings (SSSR count). The molecular weight excluding hydrogens is 378 g/mol. The maximum atomic E-state index is 12.8. The van der Waals surface area contributed by atoms with Crippen LogP contribution in [-0.2, 0) is 0 Å². The third-order valence-electron chi connectivity index (χ3n) is 4.90. The highest BCUT2D eigenvalue weighted by molar-refractivity contribution is 6.04. The summed E-state index contributed by atoms with van der Waals surface area (Å²) in [5.74, 6) is -0.589. The molecule has 0 aliphatic heterocycles. The number of aryl methyl sites for hydroxylation is 1. The van der Waals surface area contributed by atoms with Crippen molar-refractivity contribution < 1.29 is 9.59 Å². The molecule has 0 aliphatic carbocycles. The lowest BCUT2D eigenvalue weighted by Crippen LogP contribution is -2.36. The zero-order chi connectivity index (χ0) is 21.7. The molecule has 1 atom stereocenters. The first kappa shape index (κ1) is 21.0. The summed E-state index contributed by atoms with van der Waals surface area (Å²) in [6, 6.07) is 17.4. The molecule has 1 heterocycles. The molecule has 0 spiro atoms. The minimum atomic E-state index is -0.394. The number of aromatic nitrogens is 1. The Morgan fingerprint density at radius 2 is 1.63 bits per heavy atom. The zero-order valence-electron chi connectivity index (χ0n) is 17.3. The van der Waals surface area contributed by atoms with E-state index in [2.05, 4.69) is 10.6 Å². The van der Waals surface area contributed by atoms with Gasteiger partial charge in [-0.05, 0) is 68.8 Å². The lowest BCUT2D eigenvalue weighted by molar-refractivity contribution is 0.0936. The van der Waals surface area contributed by atoms with Crippen molar-refractivity contribution in [2.75, 3.05) is 5.32 Å². The summed E-state index contributed by atoms with van der Waals surface area (Å²) in [5, 5.41) is 5.65. The highest BCUT2D eigenvalue weighted by atomic mass is 16.2. The summed E-state index contributed by atoms with van der Waals surface area (Å²) in [6.45, 7) is 5.82. The molecule has 6 heteroatoms. The van der Waals surface area contributed by atoms with Crippen molar-refractivity contribution in [3.63, 3.8) is 0 Å². The predicted octanol–water partition coefficient (Wildman–Crippen LogP) is 3.93. The molecule has 154 valence electrons. The molecular formula is C24H25N3O3. The minimum Gasteiger partial charge on any atom is -0.349 e. The lowest BCUT2D eigenvalue weighted by atomic mass is 10.1. The highest BCUT2D eigenvalue weighted by Gasteiger charge is 2.14. The molecule has 1 aromatic heterocycles. The second kappa shape index (κ2) is 9.22. The van der Waals surface area contributed by atoms with E-state index < -0.39 is 5.56 Å². The number of hydrogen-bond donors (Lipinski definition) is 2. The number of hydrogen-bond acceptors (Lipinski definition) is 3. The summed E-state index contributed by atoms with van der Waals surface area (Å²) >= 11 is 0. The summed E-state index contributed by atoms with van der Waals surface area (Å²) < 4.78 is 1.41. The van der Waals surface area contributed by atoms with Crippen LogP contribution in [-0.4, -0.2) is 22.4 Å². The summed E-state index contributed by atoms with van der Waals surface area (Å²) in [7, 11) is 0. The third kappa shape index (κ3) is 4.84. The van der Waals surface area contributed by atoms with E-state index >= 15 is 0 Å².